The van der Waals surface area contributed by atoms with E-state index in [1.807, 2.05) is 30.3 Å². The van der Waals surface area contributed by atoms with Gasteiger partial charge in [0.1, 0.15) is 17.8 Å². The van der Waals surface area contributed by atoms with Crippen molar-refractivity contribution in [3.05, 3.63) is 71.4 Å². The van der Waals surface area contributed by atoms with Gasteiger partial charge < -0.3 is 35.7 Å². The summed E-state index contributed by atoms with van der Waals surface area (Å²) in [5, 5.41) is 5.99. The average molecular weight is 940 g/mol. The van der Waals surface area contributed by atoms with Crippen LogP contribution in [0.25, 0.3) is 10.9 Å². The van der Waals surface area contributed by atoms with E-state index in [-0.39, 0.29) is 48.9 Å². The third kappa shape index (κ3) is 15.3. The van der Waals surface area contributed by atoms with E-state index in [0.717, 1.165) is 43.4 Å². The molecular weight excluding hydrogens is 868 g/mol. The summed E-state index contributed by atoms with van der Waals surface area (Å²) in [4.78, 5) is 81.7. The van der Waals surface area contributed by atoms with E-state index in [9.17, 15) is 33.4 Å². The van der Waals surface area contributed by atoms with Crippen LogP contribution in [0.5, 0.6) is 0 Å². The number of alkyl halides is 2. The third-order valence-corrected chi connectivity index (χ3v) is 14.7. The molecule has 0 aliphatic carbocycles. The first-order chi connectivity index (χ1) is 31.7. The summed E-state index contributed by atoms with van der Waals surface area (Å²) < 4.78 is 49.0. The Morgan fingerprint density at radius 1 is 0.864 bits per heavy atom. The number of halogens is 2. The monoisotopic (exact) mass is 940 g/mol. The molecule has 3 aromatic rings. The highest BCUT2D eigenvalue weighted by molar-refractivity contribution is 7.53. The minimum Gasteiger partial charge on any atom is -0.370 e. The number of nitrogens with zero attached hydrogens (tertiary/aromatic N) is 1. The number of nitrogens with one attached hydrogen (secondary N) is 3. The number of benzene rings is 2. The standard InChI is InChI=1S/C50H72F2N5O8P/c1-2-3-4-5-6-7-8-9-10-11-12-13-14-20-33-65-66(63,64)50(51,52)38-27-26-37-34-43(54-42(37)35-38)47(60)56-41-24-19-18-23-39-28-30-44(57(39)49(41)62)48(61)55-40(29-32-46(53)59)45(58)31-25-36-21-16-15-17-22-36/h15-17,21-22,26-27,34-35,39-41,44,54H,2-14,18-20,23-25,28-33H2,1H3,(H2,53,59)(H,55,61)(H,56,60)(H,63,64)/t39-,40?,41-,44-/m0/s1. The quantitative estimate of drug-likeness (QED) is 0.0334. The maximum Gasteiger partial charge on any atom is 0.401 e. The fourth-order valence-electron chi connectivity index (χ4n) is 9.28. The maximum atomic E-state index is 15.6. The first-order valence-corrected chi connectivity index (χ1v) is 26.1. The number of rotatable bonds is 29. The van der Waals surface area contributed by atoms with Crippen LogP contribution in [0.2, 0.25) is 0 Å². The molecule has 0 spiro atoms. The van der Waals surface area contributed by atoms with Crippen molar-refractivity contribution >= 4 is 47.9 Å². The molecule has 66 heavy (non-hydrogen) atoms. The Labute approximate surface area is 388 Å². The van der Waals surface area contributed by atoms with Crippen LogP contribution >= 0.6 is 7.60 Å². The Kier molecular flexibility index (Phi) is 20.8. The number of hydrogen-bond acceptors (Lipinski definition) is 7. The molecule has 1 aromatic heterocycles. The van der Waals surface area contributed by atoms with Crippen LogP contribution in [-0.4, -0.2) is 75.0 Å². The van der Waals surface area contributed by atoms with Crippen molar-refractivity contribution in [2.24, 2.45) is 5.73 Å². The minimum absolute atomic E-state index is 0.0138. The van der Waals surface area contributed by atoms with Crippen LogP contribution < -0.4 is 16.4 Å². The van der Waals surface area contributed by atoms with Gasteiger partial charge in [-0.3, -0.25) is 28.5 Å². The number of hydrogen-bond donors (Lipinski definition) is 5. The molecule has 0 bridgehead atoms. The van der Waals surface area contributed by atoms with Crippen LogP contribution in [0, 0.1) is 0 Å². The average Bonchev–Trinajstić information content (AvgIpc) is 3.93. The molecular formula is C50H72F2N5O8P. The van der Waals surface area contributed by atoms with Gasteiger partial charge in [0.25, 0.3) is 5.91 Å². The lowest BCUT2D eigenvalue weighted by Gasteiger charge is -2.35. The molecule has 5 atom stereocenters. The van der Waals surface area contributed by atoms with Crippen LogP contribution in [0.3, 0.4) is 0 Å². The number of amides is 4. The van der Waals surface area contributed by atoms with Gasteiger partial charge in [-0.05, 0) is 62.6 Å². The van der Waals surface area contributed by atoms with Crippen LogP contribution in [0.1, 0.15) is 176 Å². The molecule has 4 amide bonds. The van der Waals surface area contributed by atoms with Gasteiger partial charge in [-0.25, -0.2) is 0 Å². The first kappa shape index (κ1) is 52.5. The number of nitrogens with two attached hydrogens (primary N) is 1. The minimum atomic E-state index is -5.42. The number of carbonyl (C=O) groups excluding carboxylic acids is 5. The van der Waals surface area contributed by atoms with Crippen molar-refractivity contribution in [2.75, 3.05) is 6.61 Å². The lowest BCUT2D eigenvalue weighted by molar-refractivity contribution is -0.143. The predicted octanol–water partition coefficient (Wildman–Crippen LogP) is 9.88. The van der Waals surface area contributed by atoms with E-state index in [2.05, 4.69) is 22.5 Å². The van der Waals surface area contributed by atoms with Crippen molar-refractivity contribution in [1.29, 1.82) is 0 Å². The van der Waals surface area contributed by atoms with Gasteiger partial charge in [0.2, 0.25) is 17.7 Å². The molecule has 2 saturated heterocycles. The van der Waals surface area contributed by atoms with E-state index in [1.54, 1.807) is 0 Å². The van der Waals surface area contributed by atoms with E-state index in [0.29, 0.717) is 56.8 Å². The Morgan fingerprint density at radius 2 is 1.50 bits per heavy atom. The number of Topliss-reactive ketones (excluding diaryl/α,β-unsaturated/α-hetero) is 1. The summed E-state index contributed by atoms with van der Waals surface area (Å²) in [6, 6.07) is 11.1. The predicted molar refractivity (Wildman–Crippen MR) is 252 cm³/mol. The second-order valence-electron chi connectivity index (χ2n) is 18.3. The lowest BCUT2D eigenvalue weighted by Crippen LogP contribution is -2.57. The van der Waals surface area contributed by atoms with Gasteiger partial charge in [-0.1, -0.05) is 146 Å². The van der Waals surface area contributed by atoms with E-state index in [4.69, 9.17) is 10.3 Å². The molecule has 2 aliphatic heterocycles. The van der Waals surface area contributed by atoms with Gasteiger partial charge in [0.15, 0.2) is 5.78 Å². The topological polar surface area (TPSA) is 201 Å². The number of H-pyrrole nitrogens is 1. The van der Waals surface area contributed by atoms with Crippen LogP contribution in [0.15, 0.2) is 54.6 Å². The number of primary amides is 1. The molecule has 364 valence electrons. The zero-order valence-corrected chi connectivity index (χ0v) is 39.6. The number of fused-ring (bicyclic) bond motifs is 2. The van der Waals surface area contributed by atoms with E-state index < -0.39 is 60.6 Å². The molecule has 6 N–H and O–H groups in total. The van der Waals surface area contributed by atoms with E-state index >= 15 is 8.78 Å². The largest absolute Gasteiger partial charge is 0.401 e. The van der Waals surface area contributed by atoms with E-state index in [1.165, 1.54) is 74.8 Å². The number of aromatic amines is 1. The van der Waals surface area contributed by atoms with Crippen LogP contribution in [-0.2, 0) is 40.4 Å². The second kappa shape index (κ2) is 26.2. The number of ketones is 1. The number of aromatic nitrogens is 1. The summed E-state index contributed by atoms with van der Waals surface area (Å²) in [6.45, 7) is 1.95. The Hall–Kier alpha value is -4.46. The molecule has 16 heteroatoms. The van der Waals surface area contributed by atoms with Crippen LogP contribution in [0.4, 0.5) is 8.78 Å². The molecule has 3 heterocycles. The molecule has 0 saturated carbocycles. The fraction of sp³-hybridized carbons (Fsp3) is 0.620. The number of carbonyl (C=O) groups is 5. The zero-order valence-electron chi connectivity index (χ0n) is 38.7. The third-order valence-electron chi connectivity index (χ3n) is 13.2. The van der Waals surface area contributed by atoms with Crippen molar-refractivity contribution in [2.45, 2.75) is 191 Å². The zero-order chi connectivity index (χ0) is 47.5. The first-order valence-electron chi connectivity index (χ1n) is 24.5. The SMILES string of the molecule is CCCCCCCCCCCCCCCCOP(=O)(O)C(F)(F)c1ccc2cc(C(=O)N[C@H]3CCCC[C@H]4CC[C@@H](C(=O)NC(CCC(N)=O)C(=O)CCc5ccccc5)N4C3=O)[nH]c2c1. The molecule has 2 aliphatic rings. The summed E-state index contributed by atoms with van der Waals surface area (Å²) in [5.41, 5.74) is 1.49. The van der Waals surface area contributed by atoms with Crippen molar-refractivity contribution < 1.29 is 46.7 Å². The van der Waals surface area contributed by atoms with Crippen molar-refractivity contribution in [3.63, 3.8) is 0 Å². The lowest BCUT2D eigenvalue weighted by atomic mass is 9.98. The molecule has 2 aromatic carbocycles. The molecule has 5 rings (SSSR count). The van der Waals surface area contributed by atoms with Gasteiger partial charge >= 0.3 is 13.3 Å². The summed E-state index contributed by atoms with van der Waals surface area (Å²) in [6.07, 6.45) is 19.3. The maximum absolute atomic E-state index is 15.6. The number of unbranched alkanes of at least 4 members (excludes halogenated alkanes) is 13. The molecule has 0 radical (unpaired) electrons. The second-order valence-corrected chi connectivity index (χ2v) is 20.2. The Bertz CT molecular complexity index is 2100. The van der Waals surface area contributed by atoms with Gasteiger partial charge in [0, 0.05) is 35.3 Å². The van der Waals surface area contributed by atoms with Crippen molar-refractivity contribution in [1.82, 2.24) is 20.5 Å². The molecule has 2 unspecified atom stereocenters. The highest BCUT2D eigenvalue weighted by Gasteiger charge is 2.53. The van der Waals surface area contributed by atoms with Crippen molar-refractivity contribution in [3.8, 4) is 0 Å². The normalized spacial score (nSPS) is 19.1. The fourth-order valence-corrected chi connectivity index (χ4v) is 10.3. The summed E-state index contributed by atoms with van der Waals surface area (Å²) >= 11 is 0. The van der Waals surface area contributed by atoms with Gasteiger partial charge in [-0.15, -0.1) is 0 Å². The van der Waals surface area contributed by atoms with Gasteiger partial charge in [-0.2, -0.15) is 8.78 Å². The number of aryl methyl sites for hydroxylation is 1. The summed E-state index contributed by atoms with van der Waals surface area (Å²) in [7, 11) is -5.42. The molecule has 2 fully saturated rings. The Morgan fingerprint density at radius 3 is 2.15 bits per heavy atom. The highest BCUT2D eigenvalue weighted by atomic mass is 31.2. The molecule has 13 nitrogen and oxygen atoms in total. The summed E-state index contributed by atoms with van der Waals surface area (Å²) in [5.74, 6) is -2.50. The van der Waals surface area contributed by atoms with Gasteiger partial charge in [0.05, 0.1) is 12.6 Å². The Balaban J connectivity index is 1.13. The highest BCUT2D eigenvalue weighted by Crippen LogP contribution is 2.63. The smallest absolute Gasteiger partial charge is 0.370 e.